The maximum atomic E-state index is 5.46. The van der Waals surface area contributed by atoms with Crippen LogP contribution >= 0.6 is 11.5 Å². The molecular formula is C11H21N5OS. The van der Waals surface area contributed by atoms with Crippen LogP contribution in [-0.4, -0.2) is 40.8 Å². The molecule has 0 radical (unpaired) electrons. The van der Waals surface area contributed by atoms with Gasteiger partial charge in [-0.2, -0.15) is 0 Å². The van der Waals surface area contributed by atoms with Gasteiger partial charge in [-0.05, 0) is 25.7 Å². The third kappa shape index (κ3) is 3.38. The van der Waals surface area contributed by atoms with Gasteiger partial charge < -0.3 is 10.2 Å². The molecule has 102 valence electrons. The van der Waals surface area contributed by atoms with E-state index in [1.165, 1.54) is 24.4 Å². The van der Waals surface area contributed by atoms with Gasteiger partial charge in [-0.3, -0.25) is 4.90 Å². The van der Waals surface area contributed by atoms with Crippen molar-refractivity contribution in [1.29, 1.82) is 0 Å². The fourth-order valence-corrected chi connectivity index (χ4v) is 2.61. The summed E-state index contributed by atoms with van der Waals surface area (Å²) in [5.74, 6) is 6.28. The zero-order valence-corrected chi connectivity index (χ0v) is 11.7. The maximum absolute atomic E-state index is 5.46. The molecule has 1 heterocycles. The normalized spacial score (nSPS) is 17.1. The highest BCUT2D eigenvalue weighted by atomic mass is 32.1. The molecule has 0 amide bonds. The predicted molar refractivity (Wildman–Crippen MR) is 72.2 cm³/mol. The Balaban J connectivity index is 1.99. The number of nitrogens with zero attached hydrogens (tertiary/aromatic N) is 3. The van der Waals surface area contributed by atoms with Crippen molar-refractivity contribution in [3.8, 4) is 0 Å². The topological polar surface area (TPSA) is 76.3 Å². The zero-order chi connectivity index (χ0) is 13.0. The number of nitrogens with one attached hydrogen (secondary N) is 1. The molecule has 0 aromatic carbocycles. The van der Waals surface area contributed by atoms with Crippen LogP contribution < -0.4 is 11.3 Å². The first-order chi connectivity index (χ1) is 8.76. The van der Waals surface area contributed by atoms with E-state index in [1.807, 2.05) is 0 Å². The van der Waals surface area contributed by atoms with Crippen LogP contribution in [0.5, 0.6) is 0 Å². The predicted octanol–water partition coefficient (Wildman–Crippen LogP) is 1.07. The molecular weight excluding hydrogens is 250 g/mol. The van der Waals surface area contributed by atoms with E-state index >= 15 is 0 Å². The molecule has 2 rings (SSSR count). The van der Waals surface area contributed by atoms with Crippen molar-refractivity contribution >= 4 is 16.5 Å². The van der Waals surface area contributed by atoms with Crippen molar-refractivity contribution < 1.29 is 4.74 Å². The number of hydrazine groups is 1. The summed E-state index contributed by atoms with van der Waals surface area (Å²) in [4.78, 5) is 2.40. The number of anilines is 1. The Morgan fingerprint density at radius 1 is 1.61 bits per heavy atom. The number of ether oxygens (including phenoxy) is 1. The van der Waals surface area contributed by atoms with Gasteiger partial charge in [0, 0.05) is 37.8 Å². The lowest BCUT2D eigenvalue weighted by molar-refractivity contribution is 0.111. The molecule has 1 atom stereocenters. The average Bonchev–Trinajstić information content (AvgIpc) is 3.14. The first-order valence-corrected chi connectivity index (χ1v) is 7.04. The minimum absolute atomic E-state index is 0.562. The van der Waals surface area contributed by atoms with E-state index in [2.05, 4.69) is 26.8 Å². The second-order valence-corrected chi connectivity index (χ2v) is 5.49. The molecule has 1 fully saturated rings. The van der Waals surface area contributed by atoms with Crippen LogP contribution in [0.3, 0.4) is 0 Å². The van der Waals surface area contributed by atoms with E-state index in [0.29, 0.717) is 6.04 Å². The van der Waals surface area contributed by atoms with Crippen LogP contribution in [0, 0.1) is 5.92 Å². The fourth-order valence-electron chi connectivity index (χ4n) is 2.13. The summed E-state index contributed by atoms with van der Waals surface area (Å²) in [6, 6.07) is 0.562. The minimum Gasteiger partial charge on any atom is -0.383 e. The largest absolute Gasteiger partial charge is 0.383 e. The monoisotopic (exact) mass is 271 g/mol. The smallest absolute Gasteiger partial charge is 0.148 e. The summed E-state index contributed by atoms with van der Waals surface area (Å²) in [7, 11) is 1.73. The van der Waals surface area contributed by atoms with E-state index in [1.54, 1.807) is 7.11 Å². The first-order valence-electron chi connectivity index (χ1n) is 6.27. The number of hydrogen-bond donors (Lipinski definition) is 2. The van der Waals surface area contributed by atoms with Gasteiger partial charge in [-0.25, -0.2) is 5.84 Å². The molecule has 18 heavy (non-hydrogen) atoms. The minimum atomic E-state index is 0.562. The number of nitrogens with two attached hydrogens (primary N) is 1. The Kier molecular flexibility index (Phi) is 4.87. The molecule has 3 N–H and O–H groups in total. The fraction of sp³-hybridized carbons (Fsp3) is 0.818. The van der Waals surface area contributed by atoms with E-state index in [-0.39, 0.29) is 0 Å². The highest BCUT2D eigenvalue weighted by Crippen LogP contribution is 2.35. The van der Waals surface area contributed by atoms with Crippen LogP contribution in [0.1, 0.15) is 25.5 Å². The van der Waals surface area contributed by atoms with Crippen LogP contribution in [0.2, 0.25) is 0 Å². The second-order valence-electron chi connectivity index (χ2n) is 4.73. The number of aromatic nitrogens is 2. The molecule has 7 heteroatoms. The molecule has 1 aliphatic carbocycles. The van der Waals surface area contributed by atoms with Crippen LogP contribution in [0.25, 0.3) is 0 Å². The molecule has 0 aliphatic heterocycles. The Morgan fingerprint density at radius 2 is 2.39 bits per heavy atom. The quantitative estimate of drug-likeness (QED) is 0.544. The lowest BCUT2D eigenvalue weighted by atomic mass is 10.1. The molecule has 1 aromatic heterocycles. The van der Waals surface area contributed by atoms with Gasteiger partial charge in [-0.1, -0.05) is 4.49 Å². The second kappa shape index (κ2) is 6.42. The third-order valence-electron chi connectivity index (χ3n) is 3.50. The number of rotatable bonds is 8. The third-order valence-corrected chi connectivity index (χ3v) is 4.20. The molecule has 1 saturated carbocycles. The molecule has 0 saturated heterocycles. The Hall–Kier alpha value is -0.760. The molecule has 1 unspecified atom stereocenters. The van der Waals surface area contributed by atoms with Gasteiger partial charge in [0.2, 0.25) is 0 Å². The molecule has 1 aliphatic rings. The summed E-state index contributed by atoms with van der Waals surface area (Å²) in [6.07, 6.45) is 2.67. The number of nitrogen functional groups attached to an aromatic ring is 1. The van der Waals surface area contributed by atoms with Crippen molar-refractivity contribution in [2.45, 2.75) is 32.4 Å². The maximum Gasteiger partial charge on any atom is 0.148 e. The van der Waals surface area contributed by atoms with Gasteiger partial charge in [-0.15, -0.1) is 5.10 Å². The van der Waals surface area contributed by atoms with Crippen LogP contribution in [-0.2, 0) is 11.3 Å². The number of hydrogen-bond acceptors (Lipinski definition) is 7. The van der Waals surface area contributed by atoms with Gasteiger partial charge in [0.05, 0.1) is 6.61 Å². The van der Waals surface area contributed by atoms with E-state index in [9.17, 15) is 0 Å². The van der Waals surface area contributed by atoms with Gasteiger partial charge in [0.25, 0.3) is 0 Å². The Morgan fingerprint density at radius 3 is 3.00 bits per heavy atom. The average molecular weight is 271 g/mol. The Labute approximate surface area is 112 Å². The highest BCUT2D eigenvalue weighted by molar-refractivity contribution is 7.10. The SMILES string of the molecule is COCCN(Cc1nnsc1NN)C(C)C1CC1. The summed E-state index contributed by atoms with van der Waals surface area (Å²) in [6.45, 7) is 4.70. The summed E-state index contributed by atoms with van der Waals surface area (Å²) < 4.78 is 9.12. The highest BCUT2D eigenvalue weighted by Gasteiger charge is 2.32. The molecule has 0 spiro atoms. The first kappa shape index (κ1) is 13.7. The molecule has 0 bridgehead atoms. The standard InChI is InChI=1S/C11H21N5OS/c1-8(9-3-4-9)16(5-6-17-2)7-10-11(13-12)18-15-14-10/h8-9,13H,3-7,12H2,1-2H3. The van der Waals surface area contributed by atoms with E-state index in [4.69, 9.17) is 10.6 Å². The van der Waals surface area contributed by atoms with Gasteiger partial charge in [0.15, 0.2) is 0 Å². The summed E-state index contributed by atoms with van der Waals surface area (Å²) in [5.41, 5.74) is 3.58. The Bertz CT molecular complexity index is 368. The van der Waals surface area contributed by atoms with E-state index < -0.39 is 0 Å². The lowest BCUT2D eigenvalue weighted by Gasteiger charge is -2.28. The molecule has 6 nitrogen and oxygen atoms in total. The van der Waals surface area contributed by atoms with Gasteiger partial charge >= 0.3 is 0 Å². The van der Waals surface area contributed by atoms with Crippen molar-refractivity contribution in [2.24, 2.45) is 11.8 Å². The molecule has 1 aromatic rings. The van der Waals surface area contributed by atoms with Crippen LogP contribution in [0.4, 0.5) is 5.00 Å². The van der Waals surface area contributed by atoms with Crippen LogP contribution in [0.15, 0.2) is 0 Å². The van der Waals surface area contributed by atoms with E-state index in [0.717, 1.165) is 36.3 Å². The van der Waals surface area contributed by atoms with Gasteiger partial charge in [0.1, 0.15) is 10.7 Å². The van der Waals surface area contributed by atoms with Crippen molar-refractivity contribution in [3.05, 3.63) is 5.69 Å². The van der Waals surface area contributed by atoms with Crippen molar-refractivity contribution in [2.75, 3.05) is 25.7 Å². The number of methoxy groups -OCH3 is 1. The van der Waals surface area contributed by atoms with Crippen molar-refractivity contribution in [1.82, 2.24) is 14.5 Å². The zero-order valence-electron chi connectivity index (χ0n) is 10.9. The lowest BCUT2D eigenvalue weighted by Crippen LogP contribution is -2.37. The summed E-state index contributed by atoms with van der Waals surface area (Å²) >= 11 is 1.30. The summed E-state index contributed by atoms with van der Waals surface area (Å²) in [5, 5.41) is 4.99. The van der Waals surface area contributed by atoms with Crippen molar-refractivity contribution in [3.63, 3.8) is 0 Å².